The van der Waals surface area contributed by atoms with E-state index in [9.17, 15) is 4.79 Å². The molecule has 2 aliphatic rings. The molecule has 8 heteroatoms. The van der Waals surface area contributed by atoms with Gasteiger partial charge in [0, 0.05) is 38.8 Å². The van der Waals surface area contributed by atoms with Crippen LogP contribution in [-0.4, -0.2) is 61.8 Å². The van der Waals surface area contributed by atoms with E-state index in [1.165, 1.54) is 0 Å². The van der Waals surface area contributed by atoms with Crippen LogP contribution < -0.4 is 4.90 Å². The fraction of sp³-hybridized carbons (Fsp3) is 0.600. The molecule has 0 bridgehead atoms. The zero-order valence-corrected chi connectivity index (χ0v) is 13.1. The molecule has 0 radical (unpaired) electrons. The monoisotopic (exact) mass is 315 g/mol. The molecule has 1 amide bonds. The normalized spacial score (nSPS) is 22.3. The van der Waals surface area contributed by atoms with Crippen molar-refractivity contribution in [1.82, 2.24) is 29.7 Å². The topological polar surface area (TPSA) is 72.1 Å². The molecule has 0 aliphatic carbocycles. The SMILES string of the molecule is O=C1CCCN1c1cnn(C2CCN(CCn3nccn3)C2)c1. The van der Waals surface area contributed by atoms with Gasteiger partial charge in [0.15, 0.2) is 0 Å². The van der Waals surface area contributed by atoms with Crippen LogP contribution in [0.1, 0.15) is 25.3 Å². The van der Waals surface area contributed by atoms with E-state index in [0.29, 0.717) is 12.5 Å². The Bertz CT molecular complexity index is 665. The zero-order chi connectivity index (χ0) is 15.6. The summed E-state index contributed by atoms with van der Waals surface area (Å²) in [7, 11) is 0. The van der Waals surface area contributed by atoms with Crippen LogP contribution in [0.5, 0.6) is 0 Å². The third kappa shape index (κ3) is 2.98. The van der Waals surface area contributed by atoms with Crippen LogP contribution in [0.3, 0.4) is 0 Å². The zero-order valence-electron chi connectivity index (χ0n) is 13.1. The summed E-state index contributed by atoms with van der Waals surface area (Å²) in [5, 5.41) is 12.8. The Morgan fingerprint density at radius 2 is 2.00 bits per heavy atom. The van der Waals surface area contributed by atoms with Crippen LogP contribution in [0, 0.1) is 0 Å². The highest BCUT2D eigenvalue weighted by Gasteiger charge is 2.27. The van der Waals surface area contributed by atoms with Crippen molar-refractivity contribution in [2.75, 3.05) is 31.1 Å². The van der Waals surface area contributed by atoms with Gasteiger partial charge >= 0.3 is 0 Å². The second-order valence-electron chi connectivity index (χ2n) is 6.20. The maximum Gasteiger partial charge on any atom is 0.227 e. The van der Waals surface area contributed by atoms with Gasteiger partial charge in [0.1, 0.15) is 0 Å². The van der Waals surface area contributed by atoms with Crippen LogP contribution in [-0.2, 0) is 11.3 Å². The molecule has 122 valence electrons. The van der Waals surface area contributed by atoms with E-state index in [1.54, 1.807) is 17.2 Å². The van der Waals surface area contributed by atoms with E-state index in [1.807, 2.05) is 22.0 Å². The lowest BCUT2D eigenvalue weighted by molar-refractivity contribution is -0.117. The molecule has 2 aromatic rings. The first-order chi connectivity index (χ1) is 11.3. The molecule has 8 nitrogen and oxygen atoms in total. The van der Waals surface area contributed by atoms with Crippen molar-refractivity contribution in [3.05, 3.63) is 24.8 Å². The first-order valence-electron chi connectivity index (χ1n) is 8.20. The van der Waals surface area contributed by atoms with E-state index in [0.717, 1.165) is 51.3 Å². The highest BCUT2D eigenvalue weighted by atomic mass is 16.2. The molecule has 2 fully saturated rings. The van der Waals surface area contributed by atoms with Crippen molar-refractivity contribution in [2.24, 2.45) is 0 Å². The first kappa shape index (κ1) is 14.4. The van der Waals surface area contributed by atoms with Crippen molar-refractivity contribution in [1.29, 1.82) is 0 Å². The Kier molecular flexibility index (Phi) is 3.82. The number of hydrogen-bond acceptors (Lipinski definition) is 5. The van der Waals surface area contributed by atoms with Gasteiger partial charge < -0.3 is 4.90 Å². The summed E-state index contributed by atoms with van der Waals surface area (Å²) >= 11 is 0. The van der Waals surface area contributed by atoms with Crippen LogP contribution in [0.15, 0.2) is 24.8 Å². The highest BCUT2D eigenvalue weighted by Crippen LogP contribution is 2.25. The van der Waals surface area contributed by atoms with E-state index < -0.39 is 0 Å². The van der Waals surface area contributed by atoms with Crippen molar-refractivity contribution in [3.63, 3.8) is 0 Å². The number of hydrogen-bond donors (Lipinski definition) is 0. The molecule has 2 aliphatic heterocycles. The molecule has 23 heavy (non-hydrogen) atoms. The lowest BCUT2D eigenvalue weighted by Crippen LogP contribution is -2.26. The van der Waals surface area contributed by atoms with Crippen LogP contribution >= 0.6 is 0 Å². The molecule has 0 N–H and O–H groups in total. The highest BCUT2D eigenvalue weighted by molar-refractivity contribution is 5.95. The molecule has 0 spiro atoms. The first-order valence-corrected chi connectivity index (χ1v) is 8.20. The molecule has 2 aromatic heterocycles. The fourth-order valence-corrected chi connectivity index (χ4v) is 3.41. The molecule has 0 aromatic carbocycles. The number of likely N-dealkylation sites (tertiary alicyclic amines) is 1. The van der Waals surface area contributed by atoms with Crippen molar-refractivity contribution in [3.8, 4) is 0 Å². The third-order valence-corrected chi connectivity index (χ3v) is 4.68. The number of rotatable bonds is 5. The van der Waals surface area contributed by atoms with Gasteiger partial charge in [-0.1, -0.05) is 0 Å². The van der Waals surface area contributed by atoms with E-state index in [-0.39, 0.29) is 5.91 Å². The minimum Gasteiger partial charge on any atom is -0.309 e. The summed E-state index contributed by atoms with van der Waals surface area (Å²) in [6.07, 6.45) is 9.94. The smallest absolute Gasteiger partial charge is 0.227 e. The molecule has 1 atom stereocenters. The van der Waals surface area contributed by atoms with E-state index >= 15 is 0 Å². The minimum absolute atomic E-state index is 0.212. The maximum absolute atomic E-state index is 11.8. The van der Waals surface area contributed by atoms with Gasteiger partial charge in [-0.3, -0.25) is 14.4 Å². The molecule has 1 unspecified atom stereocenters. The molecule has 2 saturated heterocycles. The quantitative estimate of drug-likeness (QED) is 0.806. The van der Waals surface area contributed by atoms with Crippen LogP contribution in [0.4, 0.5) is 5.69 Å². The Balaban J connectivity index is 1.34. The average Bonchev–Trinajstić information content (AvgIpc) is 3.32. The van der Waals surface area contributed by atoms with Gasteiger partial charge in [0.25, 0.3) is 0 Å². The van der Waals surface area contributed by atoms with Gasteiger partial charge in [-0.2, -0.15) is 20.1 Å². The number of carbonyl (C=O) groups is 1. The Morgan fingerprint density at radius 3 is 2.78 bits per heavy atom. The summed E-state index contributed by atoms with van der Waals surface area (Å²) in [4.78, 5) is 17.8. The van der Waals surface area contributed by atoms with Gasteiger partial charge in [0.05, 0.1) is 36.9 Å². The summed E-state index contributed by atoms with van der Waals surface area (Å²) in [5.74, 6) is 0.212. The number of aromatic nitrogens is 5. The Morgan fingerprint density at radius 1 is 1.13 bits per heavy atom. The minimum atomic E-state index is 0.212. The molecule has 0 saturated carbocycles. The molecular formula is C15H21N7O. The fourth-order valence-electron chi connectivity index (χ4n) is 3.41. The predicted octanol–water partition coefficient (Wildman–Crippen LogP) is 0.548. The van der Waals surface area contributed by atoms with Gasteiger partial charge in [-0.05, 0) is 12.8 Å². The second kappa shape index (κ2) is 6.11. The Labute approximate surface area is 134 Å². The molecular weight excluding hydrogens is 294 g/mol. The number of carbonyl (C=O) groups excluding carboxylic acids is 1. The number of amides is 1. The lowest BCUT2D eigenvalue weighted by atomic mass is 10.3. The summed E-state index contributed by atoms with van der Waals surface area (Å²) < 4.78 is 2.02. The van der Waals surface area contributed by atoms with Gasteiger partial charge in [0.2, 0.25) is 5.91 Å². The molecule has 4 rings (SSSR count). The van der Waals surface area contributed by atoms with E-state index in [2.05, 4.69) is 20.2 Å². The van der Waals surface area contributed by atoms with Crippen molar-refractivity contribution in [2.45, 2.75) is 31.8 Å². The van der Waals surface area contributed by atoms with Crippen LogP contribution in [0.25, 0.3) is 0 Å². The summed E-state index contributed by atoms with van der Waals surface area (Å²) in [5.41, 5.74) is 0.937. The largest absolute Gasteiger partial charge is 0.309 e. The standard InChI is InChI=1S/C15H21N7O/c23-15-2-1-6-20(15)14-10-18-21(12-14)13-3-7-19(11-13)8-9-22-16-4-5-17-22/h4-5,10,12-13H,1-3,6-9,11H2. The summed E-state index contributed by atoms with van der Waals surface area (Å²) in [6.45, 7) is 4.62. The van der Waals surface area contributed by atoms with Crippen molar-refractivity contribution >= 4 is 11.6 Å². The Hall–Kier alpha value is -2.22. The van der Waals surface area contributed by atoms with Gasteiger partial charge in [-0.25, -0.2) is 0 Å². The average molecular weight is 315 g/mol. The summed E-state index contributed by atoms with van der Waals surface area (Å²) in [6, 6.07) is 0.382. The second-order valence-corrected chi connectivity index (χ2v) is 6.20. The molecule has 4 heterocycles. The third-order valence-electron chi connectivity index (χ3n) is 4.68. The van der Waals surface area contributed by atoms with Crippen LogP contribution in [0.2, 0.25) is 0 Å². The number of nitrogens with zero attached hydrogens (tertiary/aromatic N) is 7. The lowest BCUT2D eigenvalue weighted by Gasteiger charge is -2.16. The van der Waals surface area contributed by atoms with E-state index in [4.69, 9.17) is 0 Å². The maximum atomic E-state index is 11.8. The predicted molar refractivity (Wildman–Crippen MR) is 83.9 cm³/mol. The number of anilines is 1. The van der Waals surface area contributed by atoms with Gasteiger partial charge in [-0.15, -0.1) is 0 Å². The van der Waals surface area contributed by atoms with Crippen molar-refractivity contribution < 1.29 is 4.79 Å².